The van der Waals surface area contributed by atoms with E-state index in [1.807, 2.05) is 19.1 Å². The quantitative estimate of drug-likeness (QED) is 0.821. The van der Waals surface area contributed by atoms with E-state index in [2.05, 4.69) is 25.2 Å². The van der Waals surface area contributed by atoms with Crippen molar-refractivity contribution in [2.75, 3.05) is 5.73 Å². The Balaban J connectivity index is 2.14. The number of nitrogens with one attached hydrogen (secondary N) is 1. The van der Waals surface area contributed by atoms with Crippen molar-refractivity contribution in [3.8, 4) is 0 Å². The van der Waals surface area contributed by atoms with Crippen LogP contribution in [0, 0.1) is 11.8 Å². The molecule has 2 unspecified atom stereocenters. The molecular formula is C16H24N2O. The lowest BCUT2D eigenvalue weighted by Crippen LogP contribution is -2.36. The van der Waals surface area contributed by atoms with Crippen LogP contribution in [0.5, 0.6) is 0 Å². The van der Waals surface area contributed by atoms with Crippen LogP contribution in [-0.2, 0) is 11.2 Å². The van der Waals surface area contributed by atoms with Gasteiger partial charge in [-0.15, -0.1) is 0 Å². The third kappa shape index (κ3) is 3.09. The molecule has 3 N–H and O–H groups in total. The molecule has 0 aromatic heterocycles. The zero-order valence-electron chi connectivity index (χ0n) is 12.1. The molecule has 1 aromatic rings. The summed E-state index contributed by atoms with van der Waals surface area (Å²) in [5.74, 6) is 0.582. The van der Waals surface area contributed by atoms with Crippen LogP contribution in [0.4, 0.5) is 5.69 Å². The number of fused-ring (bicyclic) bond motifs is 1. The smallest absolute Gasteiger partial charge is 0.223 e. The molecule has 0 spiro atoms. The summed E-state index contributed by atoms with van der Waals surface area (Å²) in [6.07, 6.45) is 3.19. The van der Waals surface area contributed by atoms with Gasteiger partial charge < -0.3 is 11.1 Å². The number of carbonyl (C=O) groups is 1. The molecular weight excluding hydrogens is 236 g/mol. The Morgan fingerprint density at radius 3 is 2.79 bits per heavy atom. The van der Waals surface area contributed by atoms with Crippen molar-refractivity contribution in [2.24, 2.45) is 11.8 Å². The van der Waals surface area contributed by atoms with Gasteiger partial charge >= 0.3 is 0 Å². The van der Waals surface area contributed by atoms with E-state index in [-0.39, 0.29) is 17.9 Å². The Morgan fingerprint density at radius 2 is 2.11 bits per heavy atom. The molecule has 1 aromatic carbocycles. The predicted octanol–water partition coefficient (Wildman–Crippen LogP) is 3.05. The Morgan fingerprint density at radius 1 is 1.37 bits per heavy atom. The van der Waals surface area contributed by atoms with Gasteiger partial charge in [-0.05, 0) is 48.4 Å². The fraction of sp³-hybridized carbons (Fsp3) is 0.562. The Bertz CT molecular complexity index is 468. The second-order valence-electron chi connectivity index (χ2n) is 5.94. The maximum absolute atomic E-state index is 12.2. The van der Waals surface area contributed by atoms with E-state index in [9.17, 15) is 4.79 Å². The third-order valence-electron chi connectivity index (χ3n) is 4.21. The number of nitrogens with two attached hydrogens (primary N) is 1. The van der Waals surface area contributed by atoms with E-state index in [1.165, 1.54) is 11.1 Å². The maximum Gasteiger partial charge on any atom is 0.223 e. The van der Waals surface area contributed by atoms with Gasteiger partial charge in [0.1, 0.15) is 0 Å². The van der Waals surface area contributed by atoms with Crippen LogP contribution in [0.2, 0.25) is 0 Å². The average molecular weight is 260 g/mol. The van der Waals surface area contributed by atoms with Crippen molar-refractivity contribution in [3.63, 3.8) is 0 Å². The van der Waals surface area contributed by atoms with Gasteiger partial charge in [-0.1, -0.05) is 26.8 Å². The number of benzene rings is 1. The third-order valence-corrected chi connectivity index (χ3v) is 4.21. The number of hydrogen-bond acceptors (Lipinski definition) is 2. The molecule has 0 fully saturated rings. The highest BCUT2D eigenvalue weighted by Gasteiger charge is 2.24. The molecule has 0 radical (unpaired) electrons. The minimum Gasteiger partial charge on any atom is -0.399 e. The average Bonchev–Trinajstić information content (AvgIpc) is 2.37. The van der Waals surface area contributed by atoms with Gasteiger partial charge in [0, 0.05) is 11.6 Å². The van der Waals surface area contributed by atoms with Gasteiger partial charge in [-0.2, -0.15) is 0 Å². The van der Waals surface area contributed by atoms with E-state index in [0.717, 1.165) is 24.9 Å². The highest BCUT2D eigenvalue weighted by atomic mass is 16.1. The lowest BCUT2D eigenvalue weighted by molar-refractivity contribution is -0.126. The van der Waals surface area contributed by atoms with Crippen LogP contribution < -0.4 is 11.1 Å². The maximum atomic E-state index is 12.2. The lowest BCUT2D eigenvalue weighted by Gasteiger charge is -2.28. The van der Waals surface area contributed by atoms with Crippen LogP contribution in [0.1, 0.15) is 50.8 Å². The van der Waals surface area contributed by atoms with Crippen LogP contribution >= 0.6 is 0 Å². The van der Waals surface area contributed by atoms with E-state index >= 15 is 0 Å². The van der Waals surface area contributed by atoms with E-state index < -0.39 is 0 Å². The van der Waals surface area contributed by atoms with Crippen molar-refractivity contribution >= 4 is 11.6 Å². The molecule has 0 bridgehead atoms. The van der Waals surface area contributed by atoms with Crippen LogP contribution in [0.15, 0.2) is 18.2 Å². The van der Waals surface area contributed by atoms with Gasteiger partial charge in [-0.3, -0.25) is 4.79 Å². The summed E-state index contributed by atoms with van der Waals surface area (Å²) in [4.78, 5) is 12.2. The molecule has 0 aliphatic heterocycles. The van der Waals surface area contributed by atoms with Crippen molar-refractivity contribution in [3.05, 3.63) is 29.3 Å². The SMILES string of the molecule is CC(C)C(C)C(=O)NC1CCCc2cc(N)ccc21. The van der Waals surface area contributed by atoms with Crippen LogP contribution in [0.25, 0.3) is 0 Å². The number of amides is 1. The second-order valence-corrected chi connectivity index (χ2v) is 5.94. The minimum atomic E-state index is 0.0548. The zero-order chi connectivity index (χ0) is 14.0. The molecule has 0 saturated carbocycles. The molecule has 19 heavy (non-hydrogen) atoms. The number of nitrogen functional groups attached to an aromatic ring is 1. The fourth-order valence-corrected chi connectivity index (χ4v) is 2.59. The number of aryl methyl sites for hydroxylation is 1. The molecule has 3 heteroatoms. The standard InChI is InChI=1S/C16H24N2O/c1-10(2)11(3)16(19)18-15-6-4-5-12-9-13(17)7-8-14(12)15/h7-11,15H,4-6,17H2,1-3H3,(H,18,19). The molecule has 1 aliphatic rings. The molecule has 2 atom stereocenters. The first-order valence-corrected chi connectivity index (χ1v) is 7.17. The van der Waals surface area contributed by atoms with Gasteiger partial charge in [0.15, 0.2) is 0 Å². The summed E-state index contributed by atoms with van der Waals surface area (Å²) < 4.78 is 0. The molecule has 3 nitrogen and oxygen atoms in total. The summed E-state index contributed by atoms with van der Waals surface area (Å²) in [6.45, 7) is 6.16. The molecule has 1 amide bonds. The largest absolute Gasteiger partial charge is 0.399 e. The summed E-state index contributed by atoms with van der Waals surface area (Å²) in [6, 6.07) is 6.18. The van der Waals surface area contributed by atoms with Gasteiger partial charge in [0.25, 0.3) is 0 Å². The summed E-state index contributed by atoms with van der Waals surface area (Å²) >= 11 is 0. The molecule has 2 rings (SSSR count). The van der Waals surface area contributed by atoms with E-state index in [0.29, 0.717) is 5.92 Å². The number of anilines is 1. The van der Waals surface area contributed by atoms with Gasteiger partial charge in [-0.25, -0.2) is 0 Å². The first-order chi connectivity index (χ1) is 8.99. The lowest BCUT2D eigenvalue weighted by atomic mass is 9.86. The first-order valence-electron chi connectivity index (χ1n) is 7.17. The monoisotopic (exact) mass is 260 g/mol. The first kappa shape index (κ1) is 13.9. The topological polar surface area (TPSA) is 55.1 Å². The number of hydrogen-bond donors (Lipinski definition) is 2. The second kappa shape index (κ2) is 5.64. The highest BCUT2D eigenvalue weighted by molar-refractivity contribution is 5.79. The molecule has 0 heterocycles. The summed E-state index contributed by atoms with van der Waals surface area (Å²) in [5, 5.41) is 3.20. The molecule has 104 valence electrons. The Kier molecular flexibility index (Phi) is 4.13. The summed E-state index contributed by atoms with van der Waals surface area (Å²) in [7, 11) is 0. The van der Waals surface area contributed by atoms with E-state index in [4.69, 9.17) is 5.73 Å². The van der Waals surface area contributed by atoms with Crippen molar-refractivity contribution in [1.29, 1.82) is 0 Å². The summed E-state index contributed by atoms with van der Waals surface area (Å²) in [5.41, 5.74) is 9.16. The Labute approximate surface area is 115 Å². The van der Waals surface area contributed by atoms with Crippen LogP contribution in [0.3, 0.4) is 0 Å². The minimum absolute atomic E-state index is 0.0548. The normalized spacial score (nSPS) is 19.9. The predicted molar refractivity (Wildman–Crippen MR) is 78.7 cm³/mol. The van der Waals surface area contributed by atoms with E-state index in [1.54, 1.807) is 0 Å². The van der Waals surface area contributed by atoms with Crippen molar-refractivity contribution < 1.29 is 4.79 Å². The highest BCUT2D eigenvalue weighted by Crippen LogP contribution is 2.31. The fourth-order valence-electron chi connectivity index (χ4n) is 2.59. The van der Waals surface area contributed by atoms with Crippen molar-refractivity contribution in [2.45, 2.75) is 46.1 Å². The Hall–Kier alpha value is -1.51. The zero-order valence-corrected chi connectivity index (χ0v) is 12.1. The number of rotatable bonds is 3. The van der Waals surface area contributed by atoms with Crippen LogP contribution in [-0.4, -0.2) is 5.91 Å². The van der Waals surface area contributed by atoms with Crippen molar-refractivity contribution in [1.82, 2.24) is 5.32 Å². The number of carbonyl (C=O) groups excluding carboxylic acids is 1. The van der Waals surface area contributed by atoms with Gasteiger partial charge in [0.05, 0.1) is 6.04 Å². The van der Waals surface area contributed by atoms with Gasteiger partial charge in [0.2, 0.25) is 5.91 Å². The molecule has 1 aliphatic carbocycles. The molecule has 0 saturated heterocycles.